The van der Waals surface area contributed by atoms with Gasteiger partial charge in [0.1, 0.15) is 0 Å². The molecule has 1 saturated heterocycles. The molecule has 0 aliphatic carbocycles. The van der Waals surface area contributed by atoms with Crippen LogP contribution < -0.4 is 0 Å². The second-order valence-electron chi connectivity index (χ2n) is 7.15. The first kappa shape index (κ1) is 20.3. The molecule has 146 valence electrons. The van der Waals surface area contributed by atoms with E-state index in [9.17, 15) is 8.42 Å². The van der Waals surface area contributed by atoms with E-state index in [1.807, 2.05) is 36.4 Å². The van der Waals surface area contributed by atoms with E-state index in [1.54, 1.807) is 16.4 Å². The van der Waals surface area contributed by atoms with Gasteiger partial charge in [-0.15, -0.1) is 0 Å². The molecular weight excluding hydrogens is 380 g/mol. The van der Waals surface area contributed by atoms with Gasteiger partial charge in [0.05, 0.1) is 4.90 Å². The molecule has 1 fully saturated rings. The van der Waals surface area contributed by atoms with Gasteiger partial charge < -0.3 is 0 Å². The van der Waals surface area contributed by atoms with E-state index < -0.39 is 10.0 Å². The quantitative estimate of drug-likeness (QED) is 0.715. The fraction of sp³-hybridized carbons (Fsp3) is 0.429. The van der Waals surface area contributed by atoms with E-state index in [4.69, 9.17) is 11.6 Å². The summed E-state index contributed by atoms with van der Waals surface area (Å²) in [6, 6.07) is 15.2. The molecule has 3 rings (SSSR count). The van der Waals surface area contributed by atoms with Gasteiger partial charge in [-0.2, -0.15) is 4.31 Å². The molecule has 2 aromatic carbocycles. The van der Waals surface area contributed by atoms with Gasteiger partial charge in [-0.25, -0.2) is 8.42 Å². The first-order chi connectivity index (χ1) is 12.9. The van der Waals surface area contributed by atoms with Crippen molar-refractivity contribution in [3.05, 3.63) is 64.7 Å². The minimum atomic E-state index is -3.44. The van der Waals surface area contributed by atoms with Crippen molar-refractivity contribution in [2.45, 2.75) is 37.6 Å². The average molecular weight is 407 g/mol. The number of benzene rings is 2. The van der Waals surface area contributed by atoms with Gasteiger partial charge in [-0.05, 0) is 41.7 Å². The third-order valence-electron chi connectivity index (χ3n) is 5.38. The summed E-state index contributed by atoms with van der Waals surface area (Å²) in [5.41, 5.74) is 2.26. The van der Waals surface area contributed by atoms with Gasteiger partial charge >= 0.3 is 0 Å². The lowest BCUT2D eigenvalue weighted by Gasteiger charge is -2.34. The SMILES string of the molecule is CCC(C)c1ccc(S(=O)(=O)N2CCN(Cc3ccccc3Cl)CC2)cc1. The molecule has 27 heavy (non-hydrogen) atoms. The Morgan fingerprint density at radius 3 is 2.22 bits per heavy atom. The second-order valence-corrected chi connectivity index (χ2v) is 9.50. The average Bonchev–Trinajstić information content (AvgIpc) is 2.69. The molecule has 0 spiro atoms. The van der Waals surface area contributed by atoms with E-state index in [2.05, 4.69) is 18.7 Å². The van der Waals surface area contributed by atoms with Gasteiger partial charge in [0.25, 0.3) is 0 Å². The number of rotatable bonds is 6. The zero-order valence-corrected chi connectivity index (χ0v) is 17.5. The summed E-state index contributed by atoms with van der Waals surface area (Å²) in [4.78, 5) is 2.63. The van der Waals surface area contributed by atoms with Crippen molar-refractivity contribution < 1.29 is 8.42 Å². The molecule has 1 unspecified atom stereocenters. The lowest BCUT2D eigenvalue weighted by atomic mass is 9.99. The summed E-state index contributed by atoms with van der Waals surface area (Å²) in [5.74, 6) is 0.440. The molecule has 4 nitrogen and oxygen atoms in total. The number of halogens is 1. The molecular formula is C21H27ClN2O2S. The van der Waals surface area contributed by atoms with Crippen molar-refractivity contribution in [1.29, 1.82) is 0 Å². The Morgan fingerprint density at radius 1 is 1.00 bits per heavy atom. The summed E-state index contributed by atoms with van der Waals surface area (Å²) in [6.45, 7) is 7.45. The third kappa shape index (κ3) is 4.72. The van der Waals surface area contributed by atoms with Gasteiger partial charge in [0.15, 0.2) is 0 Å². The molecule has 0 saturated carbocycles. The van der Waals surface area contributed by atoms with Crippen molar-refractivity contribution in [3.8, 4) is 0 Å². The summed E-state index contributed by atoms with van der Waals surface area (Å²) in [7, 11) is -3.44. The predicted molar refractivity (Wildman–Crippen MR) is 111 cm³/mol. The van der Waals surface area contributed by atoms with Crippen LogP contribution in [0.5, 0.6) is 0 Å². The summed E-state index contributed by atoms with van der Waals surface area (Å²) < 4.78 is 27.5. The summed E-state index contributed by atoms with van der Waals surface area (Å²) in [6.07, 6.45) is 1.04. The van der Waals surface area contributed by atoms with E-state index in [0.717, 1.165) is 23.6 Å². The number of piperazine rings is 1. The molecule has 1 atom stereocenters. The van der Waals surface area contributed by atoms with Crippen LogP contribution >= 0.6 is 11.6 Å². The Labute approximate surface area is 167 Å². The number of hydrogen-bond acceptors (Lipinski definition) is 3. The largest absolute Gasteiger partial charge is 0.296 e. The van der Waals surface area contributed by atoms with Crippen LogP contribution in [0.1, 0.15) is 37.3 Å². The van der Waals surface area contributed by atoms with E-state index >= 15 is 0 Å². The zero-order valence-electron chi connectivity index (χ0n) is 15.9. The van der Waals surface area contributed by atoms with Crippen LogP contribution in [0.3, 0.4) is 0 Å². The van der Waals surface area contributed by atoms with Crippen LogP contribution in [-0.4, -0.2) is 43.8 Å². The fourth-order valence-electron chi connectivity index (χ4n) is 3.35. The van der Waals surface area contributed by atoms with Gasteiger partial charge in [0.2, 0.25) is 10.0 Å². The summed E-state index contributed by atoms with van der Waals surface area (Å²) >= 11 is 6.24. The number of nitrogens with zero attached hydrogens (tertiary/aromatic N) is 2. The highest BCUT2D eigenvalue weighted by Gasteiger charge is 2.28. The highest BCUT2D eigenvalue weighted by molar-refractivity contribution is 7.89. The van der Waals surface area contributed by atoms with Crippen molar-refractivity contribution in [2.24, 2.45) is 0 Å². The molecule has 0 amide bonds. The molecule has 0 radical (unpaired) electrons. The van der Waals surface area contributed by atoms with Crippen molar-refractivity contribution in [1.82, 2.24) is 9.21 Å². The Hall–Kier alpha value is -1.40. The van der Waals surface area contributed by atoms with Crippen molar-refractivity contribution >= 4 is 21.6 Å². The van der Waals surface area contributed by atoms with Crippen LogP contribution in [0, 0.1) is 0 Å². The Morgan fingerprint density at radius 2 is 1.63 bits per heavy atom. The molecule has 0 N–H and O–H groups in total. The lowest BCUT2D eigenvalue weighted by molar-refractivity contribution is 0.181. The maximum atomic E-state index is 12.9. The molecule has 2 aromatic rings. The molecule has 0 aromatic heterocycles. The topological polar surface area (TPSA) is 40.6 Å². The highest BCUT2D eigenvalue weighted by Crippen LogP contribution is 2.24. The van der Waals surface area contributed by atoms with Gasteiger partial charge in [0, 0.05) is 37.7 Å². The molecule has 1 aliphatic heterocycles. The second kappa shape index (κ2) is 8.74. The van der Waals surface area contributed by atoms with Crippen LogP contribution in [-0.2, 0) is 16.6 Å². The Balaban J connectivity index is 1.63. The fourth-order valence-corrected chi connectivity index (χ4v) is 4.97. The van der Waals surface area contributed by atoms with E-state index in [-0.39, 0.29) is 0 Å². The minimum Gasteiger partial charge on any atom is -0.296 e. The van der Waals surface area contributed by atoms with Crippen LogP contribution in [0.2, 0.25) is 5.02 Å². The van der Waals surface area contributed by atoms with Crippen LogP contribution in [0.15, 0.2) is 53.4 Å². The maximum absolute atomic E-state index is 12.9. The highest BCUT2D eigenvalue weighted by atomic mass is 35.5. The lowest BCUT2D eigenvalue weighted by Crippen LogP contribution is -2.48. The van der Waals surface area contributed by atoms with Gasteiger partial charge in [-0.3, -0.25) is 4.90 Å². The van der Waals surface area contributed by atoms with Crippen LogP contribution in [0.25, 0.3) is 0 Å². The van der Waals surface area contributed by atoms with Crippen molar-refractivity contribution in [2.75, 3.05) is 26.2 Å². The molecule has 1 aliphatic rings. The minimum absolute atomic E-state index is 0.383. The molecule has 6 heteroatoms. The summed E-state index contributed by atoms with van der Waals surface area (Å²) in [5, 5.41) is 0.758. The van der Waals surface area contributed by atoms with Crippen molar-refractivity contribution in [3.63, 3.8) is 0 Å². The Kier molecular flexibility index (Phi) is 6.58. The van der Waals surface area contributed by atoms with E-state index in [1.165, 1.54) is 5.56 Å². The molecule has 0 bridgehead atoms. The van der Waals surface area contributed by atoms with Crippen LogP contribution in [0.4, 0.5) is 0 Å². The number of sulfonamides is 1. The van der Waals surface area contributed by atoms with E-state index in [0.29, 0.717) is 37.0 Å². The first-order valence-electron chi connectivity index (χ1n) is 9.47. The zero-order chi connectivity index (χ0) is 19.4. The normalized spacial score (nSPS) is 17.7. The number of hydrogen-bond donors (Lipinski definition) is 0. The third-order valence-corrected chi connectivity index (χ3v) is 7.66. The molecule has 1 heterocycles. The first-order valence-corrected chi connectivity index (χ1v) is 11.3. The predicted octanol–water partition coefficient (Wildman–Crippen LogP) is 4.36. The monoisotopic (exact) mass is 406 g/mol. The smallest absolute Gasteiger partial charge is 0.243 e. The Bertz CT molecular complexity index is 860. The van der Waals surface area contributed by atoms with Gasteiger partial charge in [-0.1, -0.05) is 55.8 Å². The standard InChI is InChI=1S/C21H27ClN2O2S/c1-3-17(2)18-8-10-20(11-9-18)27(25,26)24-14-12-23(13-15-24)16-19-6-4-5-7-21(19)22/h4-11,17H,3,12-16H2,1-2H3. The maximum Gasteiger partial charge on any atom is 0.243 e.